The Labute approximate surface area is 150 Å². The van der Waals surface area contributed by atoms with E-state index >= 15 is 0 Å². The molecule has 0 saturated carbocycles. The van der Waals surface area contributed by atoms with E-state index in [4.69, 9.17) is 9.26 Å². The maximum absolute atomic E-state index is 13.0. The number of carbonyl (C=O) groups excluding carboxylic acids is 1. The van der Waals surface area contributed by atoms with Crippen LogP contribution in [-0.4, -0.2) is 66.3 Å². The molecular weight excluding hydrogens is 318 g/mol. The summed E-state index contributed by atoms with van der Waals surface area (Å²) in [6, 6.07) is 0. The predicted molar refractivity (Wildman–Crippen MR) is 95.7 cm³/mol. The van der Waals surface area contributed by atoms with Gasteiger partial charge in [-0.3, -0.25) is 9.69 Å². The van der Waals surface area contributed by atoms with E-state index in [0.29, 0.717) is 17.2 Å². The van der Waals surface area contributed by atoms with Crippen LogP contribution >= 0.6 is 0 Å². The number of ether oxygens (including phenoxy) is 1. The second-order valence-corrected chi connectivity index (χ2v) is 7.64. The van der Waals surface area contributed by atoms with Crippen molar-refractivity contribution in [3.05, 3.63) is 17.0 Å². The number of carbonyl (C=O) groups is 1. The highest BCUT2D eigenvalue weighted by Gasteiger charge is 2.51. The van der Waals surface area contributed by atoms with E-state index in [1.807, 2.05) is 18.7 Å². The Kier molecular flexibility index (Phi) is 5.49. The number of rotatable bonds is 6. The summed E-state index contributed by atoms with van der Waals surface area (Å²) in [5.74, 6) is 1.41. The highest BCUT2D eigenvalue weighted by Crippen LogP contribution is 2.39. The molecule has 0 aliphatic carbocycles. The molecule has 25 heavy (non-hydrogen) atoms. The van der Waals surface area contributed by atoms with Crippen LogP contribution in [0.5, 0.6) is 0 Å². The predicted octanol–water partition coefficient (Wildman–Crippen LogP) is 2.51. The summed E-state index contributed by atoms with van der Waals surface area (Å²) in [4.78, 5) is 17.4. The number of likely N-dealkylation sites (N-methyl/N-ethyl adjacent to an activating group) is 1. The van der Waals surface area contributed by atoms with Crippen LogP contribution in [0.3, 0.4) is 0 Å². The lowest BCUT2D eigenvalue weighted by atomic mass is 9.75. The number of likely N-dealkylation sites (tertiary alicyclic amines) is 2. The smallest absolute Gasteiger partial charge is 0.259 e. The van der Waals surface area contributed by atoms with Crippen molar-refractivity contribution in [2.45, 2.75) is 52.0 Å². The Bertz CT molecular complexity index is 605. The van der Waals surface area contributed by atoms with Crippen molar-refractivity contribution in [3.8, 4) is 0 Å². The fourth-order valence-electron chi connectivity index (χ4n) is 4.26. The number of hydrogen-bond donors (Lipinski definition) is 0. The Morgan fingerprint density at radius 1 is 1.40 bits per heavy atom. The Balaban J connectivity index is 1.66. The first-order valence-electron chi connectivity index (χ1n) is 9.54. The zero-order valence-electron chi connectivity index (χ0n) is 16.0. The summed E-state index contributed by atoms with van der Waals surface area (Å²) < 4.78 is 11.0. The first kappa shape index (κ1) is 18.4. The molecule has 140 valence electrons. The fraction of sp³-hybridized carbons (Fsp3) is 0.789. The highest BCUT2D eigenvalue weighted by atomic mass is 16.5. The zero-order chi connectivity index (χ0) is 18.0. The highest BCUT2D eigenvalue weighted by molar-refractivity contribution is 5.97. The molecule has 1 aromatic rings. The van der Waals surface area contributed by atoms with Gasteiger partial charge in [-0.25, -0.2) is 0 Å². The largest absolute Gasteiger partial charge is 0.381 e. The third kappa shape index (κ3) is 3.47. The molecule has 0 N–H and O–H groups in total. The zero-order valence-corrected chi connectivity index (χ0v) is 16.0. The second kappa shape index (κ2) is 7.46. The summed E-state index contributed by atoms with van der Waals surface area (Å²) in [5, 5.41) is 4.01. The minimum atomic E-state index is 0.0770. The summed E-state index contributed by atoms with van der Waals surface area (Å²) in [6.07, 6.45) is 3.99. The van der Waals surface area contributed by atoms with Crippen molar-refractivity contribution in [1.29, 1.82) is 0 Å². The first-order chi connectivity index (χ1) is 12.0. The van der Waals surface area contributed by atoms with E-state index < -0.39 is 0 Å². The van der Waals surface area contributed by atoms with Crippen LogP contribution in [0.15, 0.2) is 4.52 Å². The van der Waals surface area contributed by atoms with Gasteiger partial charge in [0.05, 0.1) is 11.2 Å². The maximum atomic E-state index is 13.0. The van der Waals surface area contributed by atoms with E-state index in [1.165, 1.54) is 6.42 Å². The topological polar surface area (TPSA) is 58.8 Å². The van der Waals surface area contributed by atoms with Crippen molar-refractivity contribution in [1.82, 2.24) is 15.0 Å². The molecule has 2 saturated heterocycles. The molecule has 1 aromatic heterocycles. The van der Waals surface area contributed by atoms with E-state index in [0.717, 1.165) is 57.9 Å². The van der Waals surface area contributed by atoms with Gasteiger partial charge in [0.2, 0.25) is 0 Å². The molecule has 2 aliphatic heterocycles. The lowest BCUT2D eigenvalue weighted by Crippen LogP contribution is -2.72. The van der Waals surface area contributed by atoms with Gasteiger partial charge in [0, 0.05) is 32.7 Å². The molecular formula is C19H31N3O3. The number of aryl methyl sites for hydroxylation is 2. The summed E-state index contributed by atoms with van der Waals surface area (Å²) >= 11 is 0. The molecule has 3 heterocycles. The summed E-state index contributed by atoms with van der Waals surface area (Å²) in [7, 11) is 2.19. The van der Waals surface area contributed by atoms with E-state index in [-0.39, 0.29) is 11.4 Å². The first-order valence-corrected chi connectivity index (χ1v) is 9.54. The fourth-order valence-corrected chi connectivity index (χ4v) is 4.26. The standard InChI is InChI=1S/C19H31N3O3/c1-5-7-16-17(14(3)20-25-16)18(23)22-12-19(13-22)10-15(11-24-6-2)8-9-21(19)4/h15H,5-13H2,1-4H3/t15-/m1/s1. The molecule has 2 aliphatic rings. The number of aromatic nitrogens is 1. The van der Waals surface area contributed by atoms with Crippen molar-refractivity contribution in [3.63, 3.8) is 0 Å². The Morgan fingerprint density at radius 2 is 2.16 bits per heavy atom. The normalized spacial score (nSPS) is 23.0. The molecule has 3 rings (SSSR count). The van der Waals surface area contributed by atoms with Crippen molar-refractivity contribution < 1.29 is 14.1 Å². The van der Waals surface area contributed by atoms with E-state index in [2.05, 4.69) is 24.0 Å². The van der Waals surface area contributed by atoms with E-state index in [1.54, 1.807) is 0 Å². The Hall–Kier alpha value is -1.40. The van der Waals surface area contributed by atoms with Gasteiger partial charge < -0.3 is 14.2 Å². The molecule has 0 aromatic carbocycles. The molecule has 1 amide bonds. The minimum absolute atomic E-state index is 0.0770. The van der Waals surface area contributed by atoms with Crippen LogP contribution < -0.4 is 0 Å². The summed E-state index contributed by atoms with van der Waals surface area (Å²) in [5.41, 5.74) is 1.51. The van der Waals surface area contributed by atoms with E-state index in [9.17, 15) is 4.79 Å². The molecule has 0 bridgehead atoms. The number of nitrogens with zero attached hydrogens (tertiary/aromatic N) is 3. The van der Waals surface area contributed by atoms with Gasteiger partial charge >= 0.3 is 0 Å². The Morgan fingerprint density at radius 3 is 2.84 bits per heavy atom. The SMILES string of the molecule is CCCc1onc(C)c1C(=O)N1CC2(C[C@H](COCC)CCN2C)C1. The maximum Gasteiger partial charge on any atom is 0.259 e. The average Bonchev–Trinajstić information content (AvgIpc) is 2.92. The molecule has 1 spiro atoms. The van der Waals surface area contributed by atoms with Crippen molar-refractivity contribution >= 4 is 5.91 Å². The molecule has 0 unspecified atom stereocenters. The summed E-state index contributed by atoms with van der Waals surface area (Å²) in [6.45, 7) is 10.3. The van der Waals surface area contributed by atoms with Crippen LogP contribution in [0.1, 0.15) is 54.9 Å². The van der Waals surface area contributed by atoms with Crippen molar-refractivity contribution in [2.75, 3.05) is 39.9 Å². The average molecular weight is 349 g/mol. The van der Waals surface area contributed by atoms with Gasteiger partial charge in [-0.05, 0) is 52.6 Å². The van der Waals surface area contributed by atoms with Crippen LogP contribution in [0.2, 0.25) is 0 Å². The van der Waals surface area contributed by atoms with Gasteiger partial charge in [0.1, 0.15) is 11.3 Å². The molecule has 6 heteroatoms. The van der Waals surface area contributed by atoms with Gasteiger partial charge in [-0.2, -0.15) is 0 Å². The van der Waals surface area contributed by atoms with Crippen molar-refractivity contribution in [2.24, 2.45) is 5.92 Å². The lowest BCUT2D eigenvalue weighted by Gasteiger charge is -2.58. The van der Waals surface area contributed by atoms with Crippen LogP contribution in [-0.2, 0) is 11.2 Å². The minimum Gasteiger partial charge on any atom is -0.381 e. The van der Waals surface area contributed by atoms with Crippen LogP contribution in [0, 0.1) is 12.8 Å². The number of piperidine rings is 1. The molecule has 0 radical (unpaired) electrons. The van der Waals surface area contributed by atoms with Gasteiger partial charge in [0.15, 0.2) is 0 Å². The monoisotopic (exact) mass is 349 g/mol. The number of amides is 1. The third-order valence-corrected chi connectivity index (χ3v) is 5.79. The molecule has 6 nitrogen and oxygen atoms in total. The quantitative estimate of drug-likeness (QED) is 0.790. The molecule has 1 atom stereocenters. The third-order valence-electron chi connectivity index (χ3n) is 5.79. The van der Waals surface area contributed by atoms with Gasteiger partial charge in [0.25, 0.3) is 5.91 Å². The lowest BCUT2D eigenvalue weighted by molar-refractivity contribution is -0.0752. The van der Waals surface area contributed by atoms with Crippen LogP contribution in [0.25, 0.3) is 0 Å². The van der Waals surface area contributed by atoms with Gasteiger partial charge in [-0.15, -0.1) is 0 Å². The van der Waals surface area contributed by atoms with Crippen LogP contribution in [0.4, 0.5) is 0 Å². The number of hydrogen-bond acceptors (Lipinski definition) is 5. The molecule has 2 fully saturated rings. The second-order valence-electron chi connectivity index (χ2n) is 7.64. The van der Waals surface area contributed by atoms with Gasteiger partial charge in [-0.1, -0.05) is 12.1 Å².